The number of anilines is 1. The summed E-state index contributed by atoms with van der Waals surface area (Å²) in [5, 5.41) is 25.7. The number of phenols is 1. The fourth-order valence-electron chi connectivity index (χ4n) is 2.47. The molecule has 2 unspecified atom stereocenters. The van der Waals surface area contributed by atoms with Crippen molar-refractivity contribution in [3.63, 3.8) is 0 Å². The number of hydrogen-bond donors (Lipinski definition) is 5. The minimum Gasteiger partial charge on any atom is -0.507 e. The highest BCUT2D eigenvalue weighted by atomic mass is 16.3. The summed E-state index contributed by atoms with van der Waals surface area (Å²) >= 11 is 0. The van der Waals surface area contributed by atoms with Gasteiger partial charge in [0.15, 0.2) is 0 Å². The van der Waals surface area contributed by atoms with Crippen LogP contribution in [0.1, 0.15) is 35.4 Å². The summed E-state index contributed by atoms with van der Waals surface area (Å²) in [4.78, 5) is 23.3. The third kappa shape index (κ3) is 5.58. The number of nitrogens with two attached hydrogens (primary N) is 1. The normalized spacial score (nSPS) is 13.0. The van der Waals surface area contributed by atoms with Gasteiger partial charge in [-0.1, -0.05) is 24.3 Å². The molecule has 0 saturated heterocycles. The standard InChI is InChI=1S/C19H23N3O4/c1-12(9-18(25)22-14-5-3-2-4-6-14)21-11-17(24)13-7-8-16(23)15(10-13)19(20)26/h2-8,10,12,17,21,23-24H,9,11H2,1H3,(H2,20,26)(H,22,25). The zero-order valence-corrected chi connectivity index (χ0v) is 14.5. The monoisotopic (exact) mass is 357 g/mol. The van der Waals surface area contributed by atoms with Crippen molar-refractivity contribution in [3.8, 4) is 5.75 Å². The Bertz CT molecular complexity index is 765. The first-order valence-electron chi connectivity index (χ1n) is 8.26. The van der Waals surface area contributed by atoms with Gasteiger partial charge in [-0.2, -0.15) is 0 Å². The van der Waals surface area contributed by atoms with Crippen molar-refractivity contribution >= 4 is 17.5 Å². The molecule has 0 spiro atoms. The van der Waals surface area contributed by atoms with Crippen LogP contribution in [-0.2, 0) is 4.79 Å². The predicted octanol–water partition coefficient (Wildman–Crippen LogP) is 1.53. The van der Waals surface area contributed by atoms with Gasteiger partial charge in [0.1, 0.15) is 5.75 Å². The minimum atomic E-state index is -0.909. The minimum absolute atomic E-state index is 0.0446. The van der Waals surface area contributed by atoms with E-state index in [1.807, 2.05) is 25.1 Å². The second kappa shape index (κ2) is 8.98. The van der Waals surface area contributed by atoms with Gasteiger partial charge in [-0.3, -0.25) is 9.59 Å². The largest absolute Gasteiger partial charge is 0.507 e. The SMILES string of the molecule is CC(CC(=O)Nc1ccccc1)NCC(O)c1ccc(O)c(C(N)=O)c1. The van der Waals surface area contributed by atoms with E-state index in [4.69, 9.17) is 5.73 Å². The number of carbonyl (C=O) groups is 2. The van der Waals surface area contributed by atoms with E-state index in [1.165, 1.54) is 18.2 Å². The van der Waals surface area contributed by atoms with Crippen LogP contribution < -0.4 is 16.4 Å². The van der Waals surface area contributed by atoms with E-state index in [0.29, 0.717) is 5.56 Å². The van der Waals surface area contributed by atoms with E-state index in [1.54, 1.807) is 12.1 Å². The topological polar surface area (TPSA) is 125 Å². The van der Waals surface area contributed by atoms with E-state index in [9.17, 15) is 19.8 Å². The number of hydrogen-bond acceptors (Lipinski definition) is 5. The Morgan fingerprint density at radius 3 is 2.50 bits per heavy atom. The molecule has 26 heavy (non-hydrogen) atoms. The molecular formula is C19H23N3O4. The van der Waals surface area contributed by atoms with Gasteiger partial charge >= 0.3 is 0 Å². The van der Waals surface area contributed by atoms with Crippen LogP contribution in [0.3, 0.4) is 0 Å². The van der Waals surface area contributed by atoms with Gasteiger partial charge in [0, 0.05) is 24.7 Å². The van der Waals surface area contributed by atoms with Crippen molar-refractivity contribution in [1.29, 1.82) is 0 Å². The Morgan fingerprint density at radius 1 is 1.15 bits per heavy atom. The van der Waals surface area contributed by atoms with Gasteiger partial charge in [0.05, 0.1) is 11.7 Å². The number of aliphatic hydroxyl groups is 1. The zero-order valence-electron chi connectivity index (χ0n) is 14.5. The lowest BCUT2D eigenvalue weighted by Crippen LogP contribution is -2.33. The quantitative estimate of drug-likeness (QED) is 0.490. The highest BCUT2D eigenvalue weighted by molar-refractivity contribution is 5.95. The van der Waals surface area contributed by atoms with Crippen LogP contribution in [0.25, 0.3) is 0 Å². The van der Waals surface area contributed by atoms with E-state index < -0.39 is 12.0 Å². The summed E-state index contributed by atoms with van der Waals surface area (Å²) in [6.45, 7) is 2.02. The van der Waals surface area contributed by atoms with Crippen LogP contribution in [0.2, 0.25) is 0 Å². The molecule has 2 atom stereocenters. The lowest BCUT2D eigenvalue weighted by molar-refractivity contribution is -0.116. The summed E-state index contributed by atoms with van der Waals surface area (Å²) in [5.41, 5.74) is 6.32. The van der Waals surface area contributed by atoms with E-state index >= 15 is 0 Å². The third-order valence-electron chi connectivity index (χ3n) is 3.88. The van der Waals surface area contributed by atoms with Gasteiger partial charge in [-0.25, -0.2) is 0 Å². The molecule has 0 heterocycles. The van der Waals surface area contributed by atoms with Crippen molar-refractivity contribution in [2.45, 2.75) is 25.5 Å². The van der Waals surface area contributed by atoms with Crippen molar-refractivity contribution in [2.75, 3.05) is 11.9 Å². The molecule has 2 aromatic carbocycles. The average molecular weight is 357 g/mol. The third-order valence-corrected chi connectivity index (χ3v) is 3.88. The van der Waals surface area contributed by atoms with Gasteiger partial charge in [0.2, 0.25) is 5.91 Å². The maximum Gasteiger partial charge on any atom is 0.252 e. The number of aromatic hydroxyl groups is 1. The first kappa shape index (κ1) is 19.4. The van der Waals surface area contributed by atoms with Crippen LogP contribution in [-0.4, -0.2) is 34.6 Å². The highest BCUT2D eigenvalue weighted by Crippen LogP contribution is 2.22. The summed E-state index contributed by atoms with van der Waals surface area (Å²) < 4.78 is 0. The van der Waals surface area contributed by atoms with Crippen LogP contribution in [0.5, 0.6) is 5.75 Å². The average Bonchev–Trinajstić information content (AvgIpc) is 2.60. The molecule has 0 radical (unpaired) electrons. The lowest BCUT2D eigenvalue weighted by atomic mass is 10.0. The molecule has 0 aliphatic carbocycles. The van der Waals surface area contributed by atoms with E-state index in [0.717, 1.165) is 5.69 Å². The molecule has 0 saturated carbocycles. The molecular weight excluding hydrogens is 334 g/mol. The second-order valence-corrected chi connectivity index (χ2v) is 6.08. The summed E-state index contributed by atoms with van der Waals surface area (Å²) in [6, 6.07) is 13.2. The van der Waals surface area contributed by atoms with Crippen LogP contribution >= 0.6 is 0 Å². The van der Waals surface area contributed by atoms with Gasteiger partial charge in [-0.15, -0.1) is 0 Å². The Labute approximate surface area is 151 Å². The summed E-state index contributed by atoms with van der Waals surface area (Å²) in [7, 11) is 0. The zero-order chi connectivity index (χ0) is 19.1. The number of para-hydroxylation sites is 1. The molecule has 2 amide bonds. The van der Waals surface area contributed by atoms with Crippen LogP contribution in [0, 0.1) is 0 Å². The van der Waals surface area contributed by atoms with Crippen molar-refractivity contribution in [2.24, 2.45) is 5.73 Å². The number of amides is 2. The Hall–Kier alpha value is -2.90. The molecule has 0 fully saturated rings. The Morgan fingerprint density at radius 2 is 1.85 bits per heavy atom. The lowest BCUT2D eigenvalue weighted by Gasteiger charge is -2.18. The second-order valence-electron chi connectivity index (χ2n) is 6.08. The smallest absolute Gasteiger partial charge is 0.252 e. The summed E-state index contributed by atoms with van der Waals surface area (Å²) in [6.07, 6.45) is -0.669. The highest BCUT2D eigenvalue weighted by Gasteiger charge is 2.15. The van der Waals surface area contributed by atoms with Gasteiger partial charge in [-0.05, 0) is 36.8 Å². The van der Waals surface area contributed by atoms with E-state index in [-0.39, 0.29) is 36.2 Å². The summed E-state index contributed by atoms with van der Waals surface area (Å²) in [5.74, 6) is -1.13. The maximum absolute atomic E-state index is 12.0. The molecule has 6 N–H and O–H groups in total. The number of benzene rings is 2. The first-order valence-corrected chi connectivity index (χ1v) is 8.26. The Kier molecular flexibility index (Phi) is 6.71. The number of primary amides is 1. The molecule has 2 rings (SSSR count). The first-order chi connectivity index (χ1) is 12.4. The molecule has 2 aromatic rings. The molecule has 0 aliphatic heterocycles. The Balaban J connectivity index is 1.84. The van der Waals surface area contributed by atoms with Gasteiger partial charge < -0.3 is 26.6 Å². The number of carbonyl (C=O) groups excluding carboxylic acids is 2. The van der Waals surface area contributed by atoms with Gasteiger partial charge in [0.25, 0.3) is 5.91 Å². The molecule has 0 aliphatic rings. The van der Waals surface area contributed by atoms with Crippen molar-refractivity contribution in [3.05, 3.63) is 59.7 Å². The van der Waals surface area contributed by atoms with Crippen LogP contribution in [0.4, 0.5) is 5.69 Å². The molecule has 138 valence electrons. The fourth-order valence-corrected chi connectivity index (χ4v) is 2.47. The van der Waals surface area contributed by atoms with Crippen LogP contribution in [0.15, 0.2) is 48.5 Å². The molecule has 0 aromatic heterocycles. The fraction of sp³-hybridized carbons (Fsp3) is 0.263. The number of aliphatic hydroxyl groups excluding tert-OH is 1. The number of nitrogens with one attached hydrogen (secondary N) is 2. The predicted molar refractivity (Wildman–Crippen MR) is 98.7 cm³/mol. The molecule has 7 nitrogen and oxygen atoms in total. The molecule has 7 heteroatoms. The van der Waals surface area contributed by atoms with Crippen molar-refractivity contribution in [1.82, 2.24) is 5.32 Å². The van der Waals surface area contributed by atoms with E-state index in [2.05, 4.69) is 10.6 Å². The number of rotatable bonds is 8. The van der Waals surface area contributed by atoms with Crippen molar-refractivity contribution < 1.29 is 19.8 Å². The molecule has 0 bridgehead atoms. The maximum atomic E-state index is 12.0.